The van der Waals surface area contributed by atoms with Crippen LogP contribution in [0.1, 0.15) is 11.1 Å². The molecule has 0 atom stereocenters. The molecule has 0 saturated carbocycles. The summed E-state index contributed by atoms with van der Waals surface area (Å²) in [6.45, 7) is 0. The molecule has 52 valence electrons. The van der Waals surface area contributed by atoms with Crippen LogP contribution >= 0.6 is 0 Å². The number of nitriles is 1. The van der Waals surface area contributed by atoms with E-state index in [9.17, 15) is 0 Å². The van der Waals surface area contributed by atoms with Crippen LogP contribution in [-0.4, -0.2) is 0 Å². The molecule has 0 bridgehead atoms. The predicted octanol–water partition coefficient (Wildman–Crippen LogP) is 2.15. The van der Waals surface area contributed by atoms with Crippen LogP contribution < -0.4 is 0 Å². The topological polar surface area (TPSA) is 23.8 Å². The molecular weight excluding hydrogens is 134 g/mol. The van der Waals surface area contributed by atoms with Crippen LogP contribution in [0.3, 0.4) is 0 Å². The lowest BCUT2D eigenvalue weighted by atomic mass is 10.1. The van der Waals surface area contributed by atoms with Crippen molar-refractivity contribution in [2.75, 3.05) is 0 Å². The molecule has 1 aliphatic carbocycles. The number of hydrogen-bond donors (Lipinski definition) is 0. The monoisotopic (exact) mass is 141 g/mol. The zero-order valence-electron chi connectivity index (χ0n) is 6.04. The van der Waals surface area contributed by atoms with E-state index in [4.69, 9.17) is 5.26 Å². The Kier molecular flexibility index (Phi) is 1.26. The second-order valence-corrected chi connectivity index (χ2v) is 2.59. The average Bonchev–Trinajstić information content (AvgIpc) is 2.47. The molecule has 1 heteroatoms. The normalized spacial score (nSPS) is 13.5. The van der Waals surface area contributed by atoms with Crippen LogP contribution in [0.25, 0.3) is 5.57 Å². The van der Waals surface area contributed by atoms with Crippen molar-refractivity contribution in [3.05, 3.63) is 41.5 Å². The first-order chi connectivity index (χ1) is 5.42. The van der Waals surface area contributed by atoms with E-state index in [2.05, 4.69) is 12.1 Å². The summed E-state index contributed by atoms with van der Waals surface area (Å²) >= 11 is 0. The molecule has 0 aliphatic heterocycles. The van der Waals surface area contributed by atoms with Crippen molar-refractivity contribution in [1.82, 2.24) is 0 Å². The van der Waals surface area contributed by atoms with Crippen LogP contribution in [0.2, 0.25) is 0 Å². The number of fused-ring (bicyclic) bond motifs is 1. The number of rotatable bonds is 0. The van der Waals surface area contributed by atoms with Crippen LogP contribution in [-0.2, 0) is 6.42 Å². The number of allylic oxidation sites excluding steroid dienone is 2. The second kappa shape index (κ2) is 2.25. The Labute approximate surface area is 65.6 Å². The van der Waals surface area contributed by atoms with E-state index < -0.39 is 0 Å². The summed E-state index contributed by atoms with van der Waals surface area (Å²) in [7, 11) is 0. The molecular formula is C10H7N. The van der Waals surface area contributed by atoms with Crippen LogP contribution in [0.5, 0.6) is 0 Å². The fraction of sp³-hybridized carbons (Fsp3) is 0.100. The summed E-state index contributed by atoms with van der Waals surface area (Å²) in [6.07, 6.45) is 2.89. The summed E-state index contributed by atoms with van der Waals surface area (Å²) in [5, 5.41) is 8.69. The van der Waals surface area contributed by atoms with Gasteiger partial charge < -0.3 is 0 Å². The highest BCUT2D eigenvalue weighted by atomic mass is 14.3. The minimum atomic E-state index is 0.820. The maximum absolute atomic E-state index is 8.69. The minimum Gasteiger partial charge on any atom is -0.192 e. The third kappa shape index (κ3) is 0.841. The summed E-state index contributed by atoms with van der Waals surface area (Å²) < 4.78 is 0. The number of benzene rings is 1. The molecule has 0 saturated heterocycles. The molecule has 11 heavy (non-hydrogen) atoms. The van der Waals surface area contributed by atoms with Crippen molar-refractivity contribution < 1.29 is 0 Å². The van der Waals surface area contributed by atoms with Gasteiger partial charge in [0.05, 0.1) is 11.6 Å². The second-order valence-electron chi connectivity index (χ2n) is 2.59. The SMILES string of the molecule is N#CC1=CCc2ccccc21. The van der Waals surface area contributed by atoms with E-state index in [-0.39, 0.29) is 0 Å². The largest absolute Gasteiger partial charge is 0.192 e. The molecule has 0 aromatic heterocycles. The molecule has 0 amide bonds. The molecule has 1 nitrogen and oxygen atoms in total. The first-order valence-electron chi connectivity index (χ1n) is 3.60. The quantitative estimate of drug-likeness (QED) is 0.543. The van der Waals surface area contributed by atoms with Gasteiger partial charge in [-0.05, 0) is 17.5 Å². The Balaban J connectivity index is 2.58. The predicted molar refractivity (Wildman–Crippen MR) is 43.7 cm³/mol. The molecule has 1 aliphatic rings. The fourth-order valence-corrected chi connectivity index (χ4v) is 1.39. The highest BCUT2D eigenvalue weighted by Gasteiger charge is 2.11. The third-order valence-electron chi connectivity index (χ3n) is 1.95. The maximum atomic E-state index is 8.69. The summed E-state index contributed by atoms with van der Waals surface area (Å²) in [5.74, 6) is 0. The number of nitrogens with zero attached hydrogens (tertiary/aromatic N) is 1. The molecule has 0 radical (unpaired) electrons. The molecule has 0 heterocycles. The van der Waals surface area contributed by atoms with Crippen LogP contribution in [0.4, 0.5) is 0 Å². The fourth-order valence-electron chi connectivity index (χ4n) is 1.39. The minimum absolute atomic E-state index is 0.820. The van der Waals surface area contributed by atoms with Crippen molar-refractivity contribution in [2.24, 2.45) is 0 Å². The van der Waals surface area contributed by atoms with Crippen molar-refractivity contribution >= 4 is 5.57 Å². The van der Waals surface area contributed by atoms with Crippen molar-refractivity contribution in [3.8, 4) is 6.07 Å². The third-order valence-corrected chi connectivity index (χ3v) is 1.95. The standard InChI is InChI=1S/C10H7N/c11-7-9-6-5-8-3-1-2-4-10(8)9/h1-4,6H,5H2. The first-order valence-corrected chi connectivity index (χ1v) is 3.60. The highest BCUT2D eigenvalue weighted by molar-refractivity contribution is 5.82. The Morgan fingerprint density at radius 2 is 2.09 bits per heavy atom. The van der Waals surface area contributed by atoms with Gasteiger partial charge in [-0.1, -0.05) is 30.3 Å². The number of hydrogen-bond acceptors (Lipinski definition) is 1. The lowest BCUT2D eigenvalue weighted by Crippen LogP contribution is -1.80. The van der Waals surface area contributed by atoms with Gasteiger partial charge >= 0.3 is 0 Å². The van der Waals surface area contributed by atoms with Gasteiger partial charge in [0, 0.05) is 0 Å². The lowest BCUT2D eigenvalue weighted by Gasteiger charge is -1.95. The van der Waals surface area contributed by atoms with Gasteiger partial charge in [0.1, 0.15) is 0 Å². The average molecular weight is 141 g/mol. The lowest BCUT2D eigenvalue weighted by molar-refractivity contribution is 1.31. The van der Waals surface area contributed by atoms with E-state index in [0.29, 0.717) is 0 Å². The van der Waals surface area contributed by atoms with Gasteiger partial charge in [0.25, 0.3) is 0 Å². The Hall–Kier alpha value is -1.55. The van der Waals surface area contributed by atoms with Crippen LogP contribution in [0, 0.1) is 11.3 Å². The van der Waals surface area contributed by atoms with Gasteiger partial charge in [-0.2, -0.15) is 5.26 Å². The smallest absolute Gasteiger partial charge is 0.0994 e. The van der Waals surface area contributed by atoms with E-state index in [1.807, 2.05) is 24.3 Å². The Bertz CT molecular complexity index is 355. The molecule has 0 N–H and O–H groups in total. The van der Waals surface area contributed by atoms with Crippen LogP contribution in [0.15, 0.2) is 30.3 Å². The van der Waals surface area contributed by atoms with Gasteiger partial charge in [-0.3, -0.25) is 0 Å². The van der Waals surface area contributed by atoms with Gasteiger partial charge in [-0.15, -0.1) is 0 Å². The van der Waals surface area contributed by atoms with E-state index in [1.165, 1.54) is 5.56 Å². The molecule has 1 aromatic rings. The van der Waals surface area contributed by atoms with E-state index in [1.54, 1.807) is 0 Å². The Morgan fingerprint density at radius 1 is 1.27 bits per heavy atom. The summed E-state index contributed by atoms with van der Waals surface area (Å²) in [6, 6.07) is 10.2. The van der Waals surface area contributed by atoms with E-state index in [0.717, 1.165) is 17.6 Å². The van der Waals surface area contributed by atoms with Gasteiger partial charge in [-0.25, -0.2) is 0 Å². The van der Waals surface area contributed by atoms with Gasteiger partial charge in [0.15, 0.2) is 0 Å². The summed E-state index contributed by atoms with van der Waals surface area (Å²) in [5.41, 5.74) is 3.19. The van der Waals surface area contributed by atoms with Crippen molar-refractivity contribution in [3.63, 3.8) is 0 Å². The van der Waals surface area contributed by atoms with Gasteiger partial charge in [0.2, 0.25) is 0 Å². The molecule has 2 rings (SSSR count). The Morgan fingerprint density at radius 3 is 2.91 bits per heavy atom. The molecule has 0 spiro atoms. The zero-order chi connectivity index (χ0) is 7.68. The molecule has 0 unspecified atom stereocenters. The first kappa shape index (κ1) is 6.18. The summed E-state index contributed by atoms with van der Waals surface area (Å²) in [4.78, 5) is 0. The van der Waals surface area contributed by atoms with Crippen molar-refractivity contribution in [1.29, 1.82) is 5.26 Å². The zero-order valence-corrected chi connectivity index (χ0v) is 6.04. The molecule has 0 fully saturated rings. The maximum Gasteiger partial charge on any atom is 0.0994 e. The van der Waals surface area contributed by atoms with E-state index >= 15 is 0 Å². The molecule has 1 aromatic carbocycles. The highest BCUT2D eigenvalue weighted by Crippen LogP contribution is 2.25. The van der Waals surface area contributed by atoms with Crippen molar-refractivity contribution in [2.45, 2.75) is 6.42 Å².